The van der Waals surface area contributed by atoms with Crippen LogP contribution in [0.2, 0.25) is 0 Å². The molecule has 0 aliphatic carbocycles. The van der Waals surface area contributed by atoms with E-state index in [0.29, 0.717) is 17.8 Å². The average molecular weight is 276 g/mol. The van der Waals surface area contributed by atoms with Crippen LogP contribution >= 0.6 is 0 Å². The van der Waals surface area contributed by atoms with Gasteiger partial charge in [0.2, 0.25) is 5.91 Å². The summed E-state index contributed by atoms with van der Waals surface area (Å²) in [6.45, 7) is 6.62. The van der Waals surface area contributed by atoms with E-state index in [1.807, 2.05) is 26.8 Å². The summed E-state index contributed by atoms with van der Waals surface area (Å²) in [6, 6.07) is 7.11. The Hall–Kier alpha value is -1.84. The molecule has 0 atom stereocenters. The minimum absolute atomic E-state index is 0.0123. The molecule has 0 aliphatic rings. The van der Waals surface area contributed by atoms with E-state index in [9.17, 15) is 9.59 Å². The molecule has 20 heavy (non-hydrogen) atoms. The lowest BCUT2D eigenvalue weighted by Gasteiger charge is -2.15. The number of rotatable bonds is 7. The highest BCUT2D eigenvalue weighted by molar-refractivity contribution is 6.04. The van der Waals surface area contributed by atoms with Gasteiger partial charge in [0.05, 0.1) is 11.3 Å². The van der Waals surface area contributed by atoms with Gasteiger partial charge in [-0.2, -0.15) is 0 Å². The summed E-state index contributed by atoms with van der Waals surface area (Å²) in [6.07, 6.45) is 2.48. The molecular formula is C16H24N2O2. The molecule has 1 aromatic carbocycles. The SMILES string of the molecule is CCCNC(=O)c1ccccc1NC(=O)C(CC)CC. The maximum Gasteiger partial charge on any atom is 0.253 e. The van der Waals surface area contributed by atoms with Crippen LogP contribution in [0.5, 0.6) is 0 Å². The van der Waals surface area contributed by atoms with Gasteiger partial charge in [-0.05, 0) is 31.4 Å². The highest BCUT2D eigenvalue weighted by Gasteiger charge is 2.17. The number of para-hydroxylation sites is 1. The van der Waals surface area contributed by atoms with Gasteiger partial charge in [-0.15, -0.1) is 0 Å². The molecule has 2 amide bonds. The van der Waals surface area contributed by atoms with E-state index in [1.54, 1.807) is 18.2 Å². The lowest BCUT2D eigenvalue weighted by molar-refractivity contribution is -0.120. The van der Waals surface area contributed by atoms with Crippen LogP contribution in [-0.4, -0.2) is 18.4 Å². The Morgan fingerprint density at radius 1 is 1.10 bits per heavy atom. The molecule has 0 unspecified atom stereocenters. The first-order valence-electron chi connectivity index (χ1n) is 7.32. The van der Waals surface area contributed by atoms with Crippen molar-refractivity contribution in [2.45, 2.75) is 40.0 Å². The Morgan fingerprint density at radius 2 is 1.75 bits per heavy atom. The van der Waals surface area contributed by atoms with Gasteiger partial charge < -0.3 is 10.6 Å². The summed E-state index contributed by atoms with van der Waals surface area (Å²) in [5.74, 6) is -0.181. The quantitative estimate of drug-likeness (QED) is 0.803. The van der Waals surface area contributed by atoms with E-state index in [4.69, 9.17) is 0 Å². The fourth-order valence-corrected chi connectivity index (χ4v) is 2.02. The molecule has 0 aliphatic heterocycles. The second-order valence-electron chi connectivity index (χ2n) is 4.80. The third-order valence-electron chi connectivity index (χ3n) is 3.32. The number of benzene rings is 1. The highest BCUT2D eigenvalue weighted by Crippen LogP contribution is 2.18. The molecule has 0 heterocycles. The molecular weight excluding hydrogens is 252 g/mol. The number of carbonyl (C=O) groups is 2. The van der Waals surface area contributed by atoms with Crippen LogP contribution in [-0.2, 0) is 4.79 Å². The van der Waals surface area contributed by atoms with Crippen molar-refractivity contribution in [1.29, 1.82) is 0 Å². The van der Waals surface area contributed by atoms with E-state index in [2.05, 4.69) is 10.6 Å². The van der Waals surface area contributed by atoms with Gasteiger partial charge in [0.1, 0.15) is 0 Å². The van der Waals surface area contributed by atoms with Crippen LogP contribution in [0.4, 0.5) is 5.69 Å². The molecule has 0 saturated carbocycles. The summed E-state index contributed by atoms with van der Waals surface area (Å²) in [4.78, 5) is 24.2. The van der Waals surface area contributed by atoms with Gasteiger partial charge in [-0.1, -0.05) is 32.9 Å². The molecule has 0 spiro atoms. The van der Waals surface area contributed by atoms with Crippen molar-refractivity contribution in [1.82, 2.24) is 5.32 Å². The van der Waals surface area contributed by atoms with Gasteiger partial charge in [0, 0.05) is 12.5 Å². The fourth-order valence-electron chi connectivity index (χ4n) is 2.02. The topological polar surface area (TPSA) is 58.2 Å². The molecule has 2 N–H and O–H groups in total. The van der Waals surface area contributed by atoms with Crippen molar-refractivity contribution >= 4 is 17.5 Å². The van der Waals surface area contributed by atoms with Crippen LogP contribution in [0.25, 0.3) is 0 Å². The number of hydrogen-bond acceptors (Lipinski definition) is 2. The van der Waals surface area contributed by atoms with Crippen LogP contribution in [0.15, 0.2) is 24.3 Å². The van der Waals surface area contributed by atoms with Gasteiger partial charge >= 0.3 is 0 Å². The molecule has 0 saturated heterocycles. The average Bonchev–Trinajstić information content (AvgIpc) is 2.46. The number of amides is 2. The molecule has 0 radical (unpaired) electrons. The van der Waals surface area contributed by atoms with Crippen LogP contribution in [0.1, 0.15) is 50.4 Å². The molecule has 4 heteroatoms. The Kier molecular flexibility index (Phi) is 6.77. The monoisotopic (exact) mass is 276 g/mol. The first-order valence-corrected chi connectivity index (χ1v) is 7.32. The first kappa shape index (κ1) is 16.2. The van der Waals surface area contributed by atoms with Crippen LogP contribution in [0, 0.1) is 5.92 Å². The highest BCUT2D eigenvalue weighted by atomic mass is 16.2. The van der Waals surface area contributed by atoms with E-state index in [1.165, 1.54) is 0 Å². The van der Waals surface area contributed by atoms with Crippen LogP contribution in [0.3, 0.4) is 0 Å². The zero-order valence-electron chi connectivity index (χ0n) is 12.5. The predicted molar refractivity (Wildman–Crippen MR) is 81.8 cm³/mol. The van der Waals surface area contributed by atoms with E-state index in [-0.39, 0.29) is 17.7 Å². The van der Waals surface area contributed by atoms with Crippen molar-refractivity contribution in [2.24, 2.45) is 5.92 Å². The minimum Gasteiger partial charge on any atom is -0.352 e. The Bertz CT molecular complexity index is 454. The third-order valence-corrected chi connectivity index (χ3v) is 3.32. The number of nitrogens with one attached hydrogen (secondary N) is 2. The Balaban J connectivity index is 2.85. The largest absolute Gasteiger partial charge is 0.352 e. The number of hydrogen-bond donors (Lipinski definition) is 2. The second-order valence-corrected chi connectivity index (χ2v) is 4.80. The predicted octanol–water partition coefficient (Wildman–Crippen LogP) is 3.20. The zero-order valence-corrected chi connectivity index (χ0v) is 12.5. The van der Waals surface area contributed by atoms with Crippen molar-refractivity contribution in [3.8, 4) is 0 Å². The zero-order chi connectivity index (χ0) is 15.0. The normalized spacial score (nSPS) is 10.4. The molecule has 1 rings (SSSR count). The van der Waals surface area contributed by atoms with Gasteiger partial charge in [0.25, 0.3) is 5.91 Å². The van der Waals surface area contributed by atoms with Crippen LogP contribution < -0.4 is 10.6 Å². The molecule has 110 valence electrons. The maximum atomic E-state index is 12.1. The van der Waals surface area contributed by atoms with E-state index in [0.717, 1.165) is 19.3 Å². The Labute approximate surface area is 121 Å². The summed E-state index contributed by atoms with van der Waals surface area (Å²) in [7, 11) is 0. The molecule has 0 fully saturated rings. The summed E-state index contributed by atoms with van der Waals surface area (Å²) >= 11 is 0. The lowest BCUT2D eigenvalue weighted by Crippen LogP contribution is -2.27. The summed E-state index contributed by atoms with van der Waals surface area (Å²) < 4.78 is 0. The minimum atomic E-state index is -0.146. The van der Waals surface area contributed by atoms with Gasteiger partial charge in [-0.25, -0.2) is 0 Å². The standard InChI is InChI=1S/C16H24N2O2/c1-4-11-17-16(20)13-9-7-8-10-14(13)18-15(19)12(5-2)6-3/h7-10,12H,4-6,11H2,1-3H3,(H,17,20)(H,18,19). The van der Waals surface area contributed by atoms with Gasteiger partial charge in [0.15, 0.2) is 0 Å². The van der Waals surface area contributed by atoms with Crippen molar-refractivity contribution in [3.05, 3.63) is 29.8 Å². The van der Waals surface area contributed by atoms with E-state index < -0.39 is 0 Å². The van der Waals surface area contributed by atoms with Crippen molar-refractivity contribution < 1.29 is 9.59 Å². The van der Waals surface area contributed by atoms with Gasteiger partial charge in [-0.3, -0.25) is 9.59 Å². The molecule has 0 aromatic heterocycles. The number of carbonyl (C=O) groups excluding carboxylic acids is 2. The smallest absolute Gasteiger partial charge is 0.253 e. The molecule has 4 nitrogen and oxygen atoms in total. The lowest BCUT2D eigenvalue weighted by atomic mass is 10.0. The summed E-state index contributed by atoms with van der Waals surface area (Å²) in [5, 5.41) is 5.70. The molecule has 0 bridgehead atoms. The first-order chi connectivity index (χ1) is 9.63. The van der Waals surface area contributed by atoms with Crippen molar-refractivity contribution in [3.63, 3.8) is 0 Å². The second kappa shape index (κ2) is 8.35. The Morgan fingerprint density at radius 3 is 2.35 bits per heavy atom. The van der Waals surface area contributed by atoms with E-state index >= 15 is 0 Å². The van der Waals surface area contributed by atoms with Crippen molar-refractivity contribution in [2.75, 3.05) is 11.9 Å². The fraction of sp³-hybridized carbons (Fsp3) is 0.500. The third kappa shape index (κ3) is 4.37. The summed E-state index contributed by atoms with van der Waals surface area (Å²) in [5.41, 5.74) is 1.10. The molecule has 1 aromatic rings. The maximum absolute atomic E-state index is 12.1. The number of anilines is 1.